The molecule has 0 spiro atoms. The summed E-state index contributed by atoms with van der Waals surface area (Å²) < 4.78 is 31.9. The molecular weight excluding hydrogens is 302 g/mol. The summed E-state index contributed by atoms with van der Waals surface area (Å²) in [5.74, 6) is -0.906. The van der Waals surface area contributed by atoms with Crippen LogP contribution in [0.2, 0.25) is 0 Å². The number of thiophene rings is 1. The molecule has 6 nitrogen and oxygen atoms in total. The molecule has 1 heterocycles. The molecule has 0 amide bonds. The quantitative estimate of drug-likeness (QED) is 0.767. The van der Waals surface area contributed by atoms with Crippen molar-refractivity contribution in [2.24, 2.45) is 5.92 Å². The van der Waals surface area contributed by atoms with Gasteiger partial charge < -0.3 is 9.84 Å². The monoisotopic (exact) mass is 321 g/mol. The molecule has 0 saturated carbocycles. The molecule has 0 radical (unpaired) electrons. The van der Waals surface area contributed by atoms with Gasteiger partial charge in [-0.05, 0) is 30.7 Å². The Labute approximate surface area is 122 Å². The summed E-state index contributed by atoms with van der Waals surface area (Å²) in [6.45, 7) is 4.89. The first-order valence-electron chi connectivity index (χ1n) is 6.04. The summed E-state index contributed by atoms with van der Waals surface area (Å²) in [6, 6.07) is -0.449. The molecule has 0 saturated heterocycles. The molecule has 0 aromatic carbocycles. The summed E-state index contributed by atoms with van der Waals surface area (Å²) >= 11 is 1.03. The number of nitrogens with one attached hydrogen (secondary N) is 1. The summed E-state index contributed by atoms with van der Waals surface area (Å²) in [4.78, 5) is 11.6. The number of hydrogen-bond acceptors (Lipinski definition) is 6. The van der Waals surface area contributed by atoms with Crippen molar-refractivity contribution in [3.8, 4) is 0 Å². The number of aliphatic hydroxyl groups excluding tert-OH is 1. The van der Waals surface area contributed by atoms with E-state index < -0.39 is 22.0 Å². The second kappa shape index (κ2) is 6.66. The lowest BCUT2D eigenvalue weighted by Crippen LogP contribution is -2.38. The van der Waals surface area contributed by atoms with E-state index in [2.05, 4.69) is 9.46 Å². The highest BCUT2D eigenvalue weighted by Gasteiger charge is 2.29. The predicted molar refractivity (Wildman–Crippen MR) is 76.4 cm³/mol. The number of aryl methyl sites for hydroxylation is 1. The van der Waals surface area contributed by atoms with Crippen molar-refractivity contribution >= 4 is 27.3 Å². The minimum absolute atomic E-state index is 0.0497. The minimum Gasteiger partial charge on any atom is -0.465 e. The van der Waals surface area contributed by atoms with Gasteiger partial charge in [-0.15, -0.1) is 11.3 Å². The zero-order chi connectivity index (χ0) is 15.5. The summed E-state index contributed by atoms with van der Waals surface area (Å²) in [5, 5.41) is 10.7. The number of sulfonamides is 1. The van der Waals surface area contributed by atoms with Crippen molar-refractivity contribution in [2.75, 3.05) is 13.7 Å². The number of rotatable bonds is 6. The topological polar surface area (TPSA) is 92.7 Å². The van der Waals surface area contributed by atoms with Crippen molar-refractivity contribution < 1.29 is 23.1 Å². The molecule has 20 heavy (non-hydrogen) atoms. The Hall–Kier alpha value is -0.960. The predicted octanol–water partition coefficient (Wildman–Crippen LogP) is 1.14. The molecule has 1 aromatic heterocycles. The van der Waals surface area contributed by atoms with Crippen LogP contribution >= 0.6 is 11.3 Å². The van der Waals surface area contributed by atoms with Gasteiger partial charge in [0.05, 0.1) is 7.11 Å². The highest BCUT2D eigenvalue weighted by Crippen LogP contribution is 2.27. The van der Waals surface area contributed by atoms with E-state index in [-0.39, 0.29) is 22.3 Å². The smallest absolute Gasteiger partial charge is 0.349 e. The van der Waals surface area contributed by atoms with E-state index in [9.17, 15) is 13.2 Å². The van der Waals surface area contributed by atoms with E-state index in [1.54, 1.807) is 26.2 Å². The van der Waals surface area contributed by atoms with Crippen molar-refractivity contribution in [3.63, 3.8) is 0 Å². The van der Waals surface area contributed by atoms with Gasteiger partial charge in [0.15, 0.2) is 0 Å². The van der Waals surface area contributed by atoms with Crippen LogP contribution in [0.25, 0.3) is 0 Å². The van der Waals surface area contributed by atoms with Gasteiger partial charge in [0.1, 0.15) is 9.77 Å². The Kier molecular flexibility index (Phi) is 5.69. The van der Waals surface area contributed by atoms with Gasteiger partial charge >= 0.3 is 5.97 Å². The first-order valence-corrected chi connectivity index (χ1v) is 8.40. The van der Waals surface area contributed by atoms with Crippen molar-refractivity contribution in [1.82, 2.24) is 4.72 Å². The van der Waals surface area contributed by atoms with E-state index in [1.807, 2.05) is 0 Å². The molecule has 1 rings (SSSR count). The third kappa shape index (κ3) is 3.57. The van der Waals surface area contributed by atoms with Crippen LogP contribution in [-0.4, -0.2) is 39.3 Å². The highest BCUT2D eigenvalue weighted by atomic mass is 32.2. The van der Waals surface area contributed by atoms with Crippen molar-refractivity contribution in [3.05, 3.63) is 15.8 Å². The maximum Gasteiger partial charge on any atom is 0.349 e. The van der Waals surface area contributed by atoms with Crippen LogP contribution in [0, 0.1) is 12.8 Å². The first-order chi connectivity index (χ1) is 9.24. The normalized spacial score (nSPS) is 14.8. The second-order valence-corrected chi connectivity index (χ2v) is 7.17. The number of methoxy groups -OCH3 is 1. The van der Waals surface area contributed by atoms with Gasteiger partial charge in [-0.1, -0.05) is 6.92 Å². The molecule has 114 valence electrons. The van der Waals surface area contributed by atoms with Crippen LogP contribution in [0.3, 0.4) is 0 Å². The third-order valence-electron chi connectivity index (χ3n) is 3.04. The van der Waals surface area contributed by atoms with Gasteiger partial charge in [0.2, 0.25) is 10.0 Å². The molecule has 8 heteroatoms. The van der Waals surface area contributed by atoms with Crippen LogP contribution in [0.15, 0.2) is 10.3 Å². The average Bonchev–Trinajstić information content (AvgIpc) is 2.78. The lowest BCUT2D eigenvalue weighted by Gasteiger charge is -2.19. The Morgan fingerprint density at radius 2 is 2.10 bits per heavy atom. The Morgan fingerprint density at radius 3 is 2.60 bits per heavy atom. The maximum atomic E-state index is 12.4. The molecular formula is C12H19NO5S2. The molecule has 2 N–H and O–H groups in total. The van der Waals surface area contributed by atoms with Crippen LogP contribution in [0.4, 0.5) is 0 Å². The molecule has 0 aliphatic heterocycles. The zero-order valence-electron chi connectivity index (χ0n) is 11.8. The number of hydrogen-bond donors (Lipinski definition) is 2. The molecule has 0 aliphatic carbocycles. The summed E-state index contributed by atoms with van der Waals surface area (Å²) in [7, 11) is -2.63. The first kappa shape index (κ1) is 17.1. The van der Waals surface area contributed by atoms with Crippen LogP contribution < -0.4 is 4.72 Å². The third-order valence-corrected chi connectivity index (χ3v) is 5.99. The minimum atomic E-state index is -3.84. The molecule has 0 bridgehead atoms. The van der Waals surface area contributed by atoms with E-state index >= 15 is 0 Å². The van der Waals surface area contributed by atoms with Crippen LogP contribution in [0.1, 0.15) is 29.1 Å². The average molecular weight is 321 g/mol. The number of aliphatic hydroxyl groups is 1. The number of esters is 1. The fourth-order valence-electron chi connectivity index (χ4n) is 1.58. The number of ether oxygens (including phenoxy) is 1. The number of carbonyl (C=O) groups is 1. The van der Waals surface area contributed by atoms with Gasteiger partial charge in [-0.2, -0.15) is 0 Å². The van der Waals surface area contributed by atoms with E-state index in [1.165, 1.54) is 7.11 Å². The Morgan fingerprint density at radius 1 is 1.50 bits per heavy atom. The van der Waals surface area contributed by atoms with Gasteiger partial charge in [0, 0.05) is 12.6 Å². The van der Waals surface area contributed by atoms with Crippen molar-refractivity contribution in [1.29, 1.82) is 0 Å². The lowest BCUT2D eigenvalue weighted by molar-refractivity contribution is 0.0602. The fourth-order valence-corrected chi connectivity index (χ4v) is 4.64. The highest BCUT2D eigenvalue weighted by molar-refractivity contribution is 7.89. The van der Waals surface area contributed by atoms with Gasteiger partial charge in [0.25, 0.3) is 0 Å². The lowest BCUT2D eigenvalue weighted by atomic mass is 10.1. The standard InChI is InChI=1S/C12H19NO5S2/c1-7(5-14)9(3)13-20(16,17)11-8(2)6-19-10(11)12(15)18-4/h6-7,9,13-14H,5H2,1-4H3. The van der Waals surface area contributed by atoms with Crippen LogP contribution in [0.5, 0.6) is 0 Å². The maximum absolute atomic E-state index is 12.4. The fraction of sp³-hybridized carbons (Fsp3) is 0.583. The molecule has 0 fully saturated rings. The zero-order valence-corrected chi connectivity index (χ0v) is 13.5. The second-order valence-electron chi connectivity index (χ2n) is 4.64. The van der Waals surface area contributed by atoms with Gasteiger partial charge in [-0.3, -0.25) is 0 Å². The largest absolute Gasteiger partial charge is 0.465 e. The van der Waals surface area contributed by atoms with Gasteiger partial charge in [-0.25, -0.2) is 17.9 Å². The molecule has 2 atom stereocenters. The molecule has 1 aromatic rings. The number of carbonyl (C=O) groups excluding carboxylic acids is 1. The SMILES string of the molecule is COC(=O)c1scc(C)c1S(=O)(=O)NC(C)C(C)CO. The Bertz CT molecular complexity index is 579. The van der Waals surface area contributed by atoms with Crippen molar-refractivity contribution in [2.45, 2.75) is 31.7 Å². The summed E-state index contributed by atoms with van der Waals surface area (Å²) in [5.41, 5.74) is 0.492. The molecule has 0 aliphatic rings. The molecule has 2 unspecified atom stereocenters. The van der Waals surface area contributed by atoms with E-state index in [0.29, 0.717) is 5.56 Å². The van der Waals surface area contributed by atoms with E-state index in [4.69, 9.17) is 5.11 Å². The van der Waals surface area contributed by atoms with E-state index in [0.717, 1.165) is 11.3 Å². The summed E-state index contributed by atoms with van der Waals surface area (Å²) in [6.07, 6.45) is 0. The van der Waals surface area contributed by atoms with Crippen LogP contribution in [-0.2, 0) is 14.8 Å². The Balaban J connectivity index is 3.16.